The molecule has 0 aliphatic carbocycles. The smallest absolute Gasteiger partial charge is 0.338 e. The Hall–Kier alpha value is -3.06. The third kappa shape index (κ3) is 3.98. The van der Waals surface area contributed by atoms with Crippen molar-refractivity contribution in [3.05, 3.63) is 88.4 Å². The van der Waals surface area contributed by atoms with Crippen molar-refractivity contribution in [2.75, 3.05) is 6.61 Å². The van der Waals surface area contributed by atoms with Crippen LogP contribution in [0.4, 0.5) is 4.39 Å². The molecule has 2 aromatic carbocycles. The van der Waals surface area contributed by atoms with Crippen LogP contribution in [0.25, 0.3) is 0 Å². The van der Waals surface area contributed by atoms with Crippen LogP contribution in [-0.4, -0.2) is 22.6 Å². The quantitative estimate of drug-likeness (QED) is 0.599. The summed E-state index contributed by atoms with van der Waals surface area (Å²) in [7, 11) is 0. The summed E-state index contributed by atoms with van der Waals surface area (Å²) < 4.78 is 24.8. The molecule has 0 bridgehead atoms. The molecule has 154 valence electrons. The van der Waals surface area contributed by atoms with Gasteiger partial charge in [-0.1, -0.05) is 42.1 Å². The molecule has 30 heavy (non-hydrogen) atoms. The molecule has 4 rings (SSSR count). The summed E-state index contributed by atoms with van der Waals surface area (Å²) in [4.78, 5) is 19.2. The molecular formula is C23H21FN2O3S. The normalized spacial score (nSPS) is 17.6. The van der Waals surface area contributed by atoms with Crippen molar-refractivity contribution in [2.45, 2.75) is 26.5 Å². The van der Waals surface area contributed by atoms with Crippen LogP contribution in [0.3, 0.4) is 0 Å². The van der Waals surface area contributed by atoms with Gasteiger partial charge in [0.25, 0.3) is 0 Å². The van der Waals surface area contributed by atoms with Crippen LogP contribution < -0.4 is 4.74 Å². The number of thioether (sulfide) groups is 1. The van der Waals surface area contributed by atoms with E-state index in [0.717, 1.165) is 10.7 Å². The zero-order valence-electron chi connectivity index (χ0n) is 16.7. The van der Waals surface area contributed by atoms with Gasteiger partial charge in [0.15, 0.2) is 5.17 Å². The number of amidine groups is 1. The molecule has 5 nitrogen and oxygen atoms in total. The van der Waals surface area contributed by atoms with Gasteiger partial charge in [0.2, 0.25) is 0 Å². The molecule has 2 aliphatic heterocycles. The maximum absolute atomic E-state index is 13.8. The maximum Gasteiger partial charge on any atom is 0.338 e. The Labute approximate surface area is 178 Å². The molecule has 0 N–H and O–H groups in total. The first-order valence-corrected chi connectivity index (χ1v) is 10.5. The number of nitrogens with zero attached hydrogens (tertiary/aromatic N) is 2. The Morgan fingerprint density at radius 1 is 1.20 bits per heavy atom. The zero-order valence-corrected chi connectivity index (χ0v) is 17.5. The van der Waals surface area contributed by atoms with Gasteiger partial charge in [0.1, 0.15) is 18.2 Å². The number of hydrogen-bond donors (Lipinski definition) is 0. The second kappa shape index (κ2) is 8.75. The number of hydrogen-bond acceptors (Lipinski definition) is 6. The van der Waals surface area contributed by atoms with Gasteiger partial charge in [0, 0.05) is 11.8 Å². The number of ether oxygens (including phenoxy) is 2. The number of esters is 1. The number of benzene rings is 2. The van der Waals surface area contributed by atoms with Gasteiger partial charge in [-0.15, -0.1) is 0 Å². The highest BCUT2D eigenvalue weighted by Crippen LogP contribution is 2.41. The Morgan fingerprint density at radius 2 is 1.97 bits per heavy atom. The average Bonchev–Trinajstić information content (AvgIpc) is 3.21. The lowest BCUT2D eigenvalue weighted by atomic mass is 9.95. The van der Waals surface area contributed by atoms with E-state index < -0.39 is 0 Å². The molecule has 0 saturated carbocycles. The van der Waals surface area contributed by atoms with Gasteiger partial charge in [0.05, 0.1) is 23.9 Å². The summed E-state index contributed by atoms with van der Waals surface area (Å²) in [5, 5.41) is 2.77. The first-order chi connectivity index (χ1) is 14.6. The second-order valence-corrected chi connectivity index (χ2v) is 7.65. The van der Waals surface area contributed by atoms with E-state index in [1.165, 1.54) is 17.8 Å². The summed E-state index contributed by atoms with van der Waals surface area (Å²) in [6, 6.07) is 13.7. The highest BCUT2D eigenvalue weighted by atomic mass is 32.2. The topological polar surface area (TPSA) is 51.1 Å². The van der Waals surface area contributed by atoms with Crippen molar-refractivity contribution >= 4 is 22.9 Å². The van der Waals surface area contributed by atoms with Gasteiger partial charge in [-0.2, -0.15) is 0 Å². The minimum atomic E-state index is -0.368. The van der Waals surface area contributed by atoms with E-state index in [4.69, 9.17) is 9.47 Å². The fourth-order valence-corrected chi connectivity index (χ4v) is 4.21. The summed E-state index contributed by atoms with van der Waals surface area (Å²) in [6.07, 6.45) is 1.92. The lowest BCUT2D eigenvalue weighted by Crippen LogP contribution is -2.34. The molecule has 0 amide bonds. The van der Waals surface area contributed by atoms with Crippen LogP contribution in [0.15, 0.2) is 76.4 Å². The fourth-order valence-electron chi connectivity index (χ4n) is 3.42. The van der Waals surface area contributed by atoms with E-state index in [1.807, 2.05) is 47.7 Å². The molecule has 0 fully saturated rings. The van der Waals surface area contributed by atoms with E-state index in [0.29, 0.717) is 29.2 Å². The van der Waals surface area contributed by atoms with Crippen molar-refractivity contribution in [1.82, 2.24) is 4.90 Å². The SMILES string of the molecule is CCOC(=O)C1=C(C)N=C2SC=CN2[C@H]1c1ccc(OCc2ccccc2F)cc1. The van der Waals surface area contributed by atoms with E-state index in [-0.39, 0.29) is 24.4 Å². The molecular weight excluding hydrogens is 403 g/mol. The number of allylic oxidation sites excluding steroid dienone is 1. The lowest BCUT2D eigenvalue weighted by Gasteiger charge is -2.33. The first-order valence-electron chi connectivity index (χ1n) is 9.63. The van der Waals surface area contributed by atoms with Gasteiger partial charge >= 0.3 is 5.97 Å². The van der Waals surface area contributed by atoms with Crippen LogP contribution in [-0.2, 0) is 16.1 Å². The van der Waals surface area contributed by atoms with Crippen molar-refractivity contribution in [1.29, 1.82) is 0 Å². The Morgan fingerprint density at radius 3 is 2.70 bits per heavy atom. The fraction of sp³-hybridized carbons (Fsp3) is 0.217. The largest absolute Gasteiger partial charge is 0.489 e. The number of halogens is 1. The van der Waals surface area contributed by atoms with Crippen LogP contribution in [0.5, 0.6) is 5.75 Å². The molecule has 2 aromatic rings. The Balaban J connectivity index is 1.58. The highest BCUT2D eigenvalue weighted by Gasteiger charge is 2.37. The first kappa shape index (κ1) is 20.2. The molecule has 0 unspecified atom stereocenters. The lowest BCUT2D eigenvalue weighted by molar-refractivity contribution is -0.139. The zero-order chi connectivity index (χ0) is 21.1. The van der Waals surface area contributed by atoms with Gasteiger partial charge in [-0.25, -0.2) is 14.2 Å². The number of carbonyl (C=O) groups excluding carboxylic acids is 1. The monoisotopic (exact) mass is 424 g/mol. The molecule has 0 radical (unpaired) electrons. The molecule has 0 spiro atoms. The minimum Gasteiger partial charge on any atom is -0.489 e. The van der Waals surface area contributed by atoms with Crippen LogP contribution in [0.2, 0.25) is 0 Å². The summed E-state index contributed by atoms with van der Waals surface area (Å²) in [6.45, 7) is 4.05. The number of aliphatic imine (C=N–C) groups is 1. The van der Waals surface area contributed by atoms with Crippen LogP contribution in [0, 0.1) is 5.82 Å². The number of carbonyl (C=O) groups is 1. The Bertz CT molecular complexity index is 1050. The van der Waals surface area contributed by atoms with E-state index in [9.17, 15) is 9.18 Å². The summed E-state index contributed by atoms with van der Waals surface area (Å²) >= 11 is 1.51. The molecule has 2 aliphatic rings. The van der Waals surface area contributed by atoms with Crippen molar-refractivity contribution < 1.29 is 18.7 Å². The van der Waals surface area contributed by atoms with Crippen LogP contribution in [0.1, 0.15) is 31.0 Å². The van der Waals surface area contributed by atoms with Gasteiger partial charge in [-0.05, 0) is 43.0 Å². The molecule has 2 heterocycles. The van der Waals surface area contributed by atoms with Crippen molar-refractivity contribution in [2.24, 2.45) is 4.99 Å². The maximum atomic E-state index is 13.8. The third-order valence-electron chi connectivity index (χ3n) is 4.86. The molecule has 1 atom stereocenters. The Kier molecular flexibility index (Phi) is 5.90. The van der Waals surface area contributed by atoms with Crippen molar-refractivity contribution in [3.8, 4) is 5.75 Å². The van der Waals surface area contributed by atoms with E-state index in [2.05, 4.69) is 4.99 Å². The predicted octanol–water partition coefficient (Wildman–Crippen LogP) is 5.17. The third-order valence-corrected chi connectivity index (χ3v) is 5.63. The molecule has 0 aromatic heterocycles. The standard InChI is InChI=1S/C23H21FN2O3S/c1-3-28-22(27)20-15(2)25-23-26(12-13-30-23)21(20)16-8-10-18(11-9-16)29-14-17-6-4-5-7-19(17)24/h4-13,21H,3,14H2,1-2H3/t21-/m0/s1. The van der Waals surface area contributed by atoms with Crippen LogP contribution >= 0.6 is 11.8 Å². The predicted molar refractivity (Wildman–Crippen MR) is 115 cm³/mol. The molecule has 7 heteroatoms. The van der Waals surface area contributed by atoms with Gasteiger partial charge < -0.3 is 14.4 Å². The second-order valence-electron chi connectivity index (χ2n) is 6.78. The average molecular weight is 424 g/mol. The number of fused-ring (bicyclic) bond motifs is 1. The van der Waals surface area contributed by atoms with Crippen molar-refractivity contribution in [3.63, 3.8) is 0 Å². The summed E-state index contributed by atoms with van der Waals surface area (Å²) in [5.74, 6) is -0.0365. The minimum absolute atomic E-state index is 0.144. The number of rotatable bonds is 6. The van der Waals surface area contributed by atoms with E-state index >= 15 is 0 Å². The van der Waals surface area contributed by atoms with E-state index in [1.54, 1.807) is 25.1 Å². The summed E-state index contributed by atoms with van der Waals surface area (Å²) in [5.41, 5.74) is 2.58. The highest BCUT2D eigenvalue weighted by molar-refractivity contribution is 8.16. The molecule has 0 saturated heterocycles. The van der Waals surface area contributed by atoms with Gasteiger partial charge in [-0.3, -0.25) is 0 Å².